The van der Waals surface area contributed by atoms with E-state index in [2.05, 4.69) is 23.5 Å². The van der Waals surface area contributed by atoms with E-state index < -0.39 is 10.8 Å². The first-order valence-corrected chi connectivity index (χ1v) is 10.0. The van der Waals surface area contributed by atoms with Crippen LogP contribution in [0.5, 0.6) is 0 Å². The molecule has 0 amide bonds. The molecule has 1 aliphatic rings. The van der Waals surface area contributed by atoms with Gasteiger partial charge in [0.05, 0.1) is 6.20 Å². The Morgan fingerprint density at radius 1 is 1.38 bits per heavy atom. The number of ether oxygens (including phenoxy) is 1. The molecule has 0 aliphatic carbocycles. The Kier molecular flexibility index (Phi) is 5.81. The Morgan fingerprint density at radius 2 is 2.17 bits per heavy atom. The summed E-state index contributed by atoms with van der Waals surface area (Å²) in [5, 5.41) is 7.99. The third-order valence-corrected chi connectivity index (χ3v) is 5.39. The van der Waals surface area contributed by atoms with E-state index in [1.165, 1.54) is 5.56 Å². The maximum atomic E-state index is 11.5. The van der Waals surface area contributed by atoms with Gasteiger partial charge in [0.2, 0.25) is 0 Å². The average molecular weight is 347 g/mol. The SMILES string of the molecule is CCn1cc([C@H]2OCCC[C@@H]2NCc2ccc([S@](C)=O)cc2)cn1. The van der Waals surface area contributed by atoms with Crippen LogP contribution in [0.4, 0.5) is 0 Å². The Morgan fingerprint density at radius 3 is 2.83 bits per heavy atom. The zero-order chi connectivity index (χ0) is 16.9. The second-order valence-corrected chi connectivity index (χ2v) is 7.53. The summed E-state index contributed by atoms with van der Waals surface area (Å²) in [5.41, 5.74) is 2.34. The molecule has 0 bridgehead atoms. The smallest absolute Gasteiger partial charge is 0.101 e. The van der Waals surface area contributed by atoms with Crippen LogP contribution in [0.2, 0.25) is 0 Å². The molecule has 6 heteroatoms. The Balaban J connectivity index is 1.64. The third kappa shape index (κ3) is 4.12. The summed E-state index contributed by atoms with van der Waals surface area (Å²) in [6, 6.07) is 8.24. The predicted molar refractivity (Wildman–Crippen MR) is 95.2 cm³/mol. The van der Waals surface area contributed by atoms with E-state index in [1.807, 2.05) is 35.1 Å². The molecule has 1 aromatic heterocycles. The Hall–Kier alpha value is -1.50. The highest BCUT2D eigenvalue weighted by Crippen LogP contribution is 2.28. The molecule has 1 aliphatic heterocycles. The number of rotatable bonds is 6. The van der Waals surface area contributed by atoms with Gasteiger partial charge in [-0.15, -0.1) is 0 Å². The van der Waals surface area contributed by atoms with Crippen molar-refractivity contribution in [2.24, 2.45) is 0 Å². The fourth-order valence-electron chi connectivity index (χ4n) is 3.07. The normalized spacial score (nSPS) is 22.4. The summed E-state index contributed by atoms with van der Waals surface area (Å²) in [4.78, 5) is 0.865. The van der Waals surface area contributed by atoms with E-state index in [9.17, 15) is 4.21 Å². The minimum Gasteiger partial charge on any atom is -0.372 e. The number of benzene rings is 1. The molecule has 0 spiro atoms. The van der Waals surface area contributed by atoms with Crippen LogP contribution in [-0.4, -0.2) is 32.9 Å². The van der Waals surface area contributed by atoms with Gasteiger partial charge in [-0.2, -0.15) is 5.10 Å². The minimum atomic E-state index is -0.924. The topological polar surface area (TPSA) is 56.1 Å². The fraction of sp³-hybridized carbons (Fsp3) is 0.500. The molecule has 2 aromatic rings. The van der Waals surface area contributed by atoms with Crippen LogP contribution in [0.25, 0.3) is 0 Å². The van der Waals surface area contributed by atoms with E-state index in [1.54, 1.807) is 6.26 Å². The highest BCUT2D eigenvalue weighted by molar-refractivity contribution is 7.84. The molecule has 130 valence electrons. The molecule has 0 radical (unpaired) electrons. The lowest BCUT2D eigenvalue weighted by atomic mass is 9.98. The van der Waals surface area contributed by atoms with Gasteiger partial charge < -0.3 is 10.1 Å². The number of nitrogens with one attached hydrogen (secondary N) is 1. The number of hydrogen-bond donors (Lipinski definition) is 1. The lowest BCUT2D eigenvalue weighted by Crippen LogP contribution is -2.39. The van der Waals surface area contributed by atoms with Gasteiger partial charge >= 0.3 is 0 Å². The number of nitrogens with zero attached hydrogens (tertiary/aromatic N) is 2. The first-order chi connectivity index (χ1) is 11.7. The van der Waals surface area contributed by atoms with E-state index in [4.69, 9.17) is 4.74 Å². The summed E-state index contributed by atoms with van der Waals surface area (Å²) >= 11 is 0. The van der Waals surface area contributed by atoms with Crippen molar-refractivity contribution in [2.45, 2.75) is 49.9 Å². The molecule has 0 saturated carbocycles. The van der Waals surface area contributed by atoms with Gasteiger partial charge in [0.25, 0.3) is 0 Å². The Bertz CT molecular complexity index is 684. The maximum Gasteiger partial charge on any atom is 0.101 e. The largest absolute Gasteiger partial charge is 0.372 e. The van der Waals surface area contributed by atoms with Gasteiger partial charge in [-0.1, -0.05) is 12.1 Å². The number of aryl methyl sites for hydroxylation is 1. The van der Waals surface area contributed by atoms with Gasteiger partial charge in [-0.3, -0.25) is 8.89 Å². The van der Waals surface area contributed by atoms with Gasteiger partial charge in [0.1, 0.15) is 6.10 Å². The van der Waals surface area contributed by atoms with Gasteiger partial charge in [0.15, 0.2) is 0 Å². The van der Waals surface area contributed by atoms with Crippen LogP contribution in [0.1, 0.15) is 37.0 Å². The molecule has 1 fully saturated rings. The highest BCUT2D eigenvalue weighted by atomic mass is 32.2. The van der Waals surface area contributed by atoms with Crippen molar-refractivity contribution in [1.29, 1.82) is 0 Å². The van der Waals surface area contributed by atoms with Crippen molar-refractivity contribution >= 4 is 10.8 Å². The lowest BCUT2D eigenvalue weighted by molar-refractivity contribution is -0.0112. The predicted octanol–water partition coefficient (Wildman–Crippen LogP) is 2.65. The molecule has 1 aromatic carbocycles. The van der Waals surface area contributed by atoms with Crippen molar-refractivity contribution in [3.8, 4) is 0 Å². The maximum absolute atomic E-state index is 11.5. The summed E-state index contributed by atoms with van der Waals surface area (Å²) in [6.45, 7) is 4.54. The van der Waals surface area contributed by atoms with Crippen molar-refractivity contribution in [3.05, 3.63) is 47.8 Å². The van der Waals surface area contributed by atoms with Crippen molar-refractivity contribution < 1.29 is 8.95 Å². The van der Waals surface area contributed by atoms with E-state index in [0.717, 1.165) is 43.0 Å². The zero-order valence-corrected chi connectivity index (χ0v) is 15.1. The van der Waals surface area contributed by atoms with Crippen molar-refractivity contribution in [1.82, 2.24) is 15.1 Å². The van der Waals surface area contributed by atoms with Crippen LogP contribution < -0.4 is 5.32 Å². The molecule has 5 nitrogen and oxygen atoms in total. The Labute approximate surface area is 145 Å². The summed E-state index contributed by atoms with van der Waals surface area (Å²) in [7, 11) is -0.924. The van der Waals surface area contributed by atoms with Gasteiger partial charge in [-0.05, 0) is 37.5 Å². The van der Waals surface area contributed by atoms with Crippen LogP contribution in [0, 0.1) is 0 Å². The van der Waals surface area contributed by atoms with Crippen LogP contribution in [0.3, 0.4) is 0 Å². The monoisotopic (exact) mass is 347 g/mol. The standard InChI is InChI=1S/C18H25N3O2S/c1-3-21-13-15(12-20-21)18-17(5-4-10-23-18)19-11-14-6-8-16(9-7-14)24(2)22/h6-9,12-13,17-19H,3-5,10-11H2,1-2H3/t17-,18+,24-/m0/s1. The molecule has 0 unspecified atom stereocenters. The summed E-state index contributed by atoms with van der Waals surface area (Å²) in [5.74, 6) is 0. The first-order valence-electron chi connectivity index (χ1n) is 8.47. The van der Waals surface area contributed by atoms with Crippen molar-refractivity contribution in [2.75, 3.05) is 12.9 Å². The highest BCUT2D eigenvalue weighted by Gasteiger charge is 2.28. The average Bonchev–Trinajstić information content (AvgIpc) is 3.09. The van der Waals surface area contributed by atoms with Crippen molar-refractivity contribution in [3.63, 3.8) is 0 Å². The quantitative estimate of drug-likeness (QED) is 0.873. The zero-order valence-electron chi connectivity index (χ0n) is 14.3. The molecule has 1 N–H and O–H groups in total. The molecule has 3 atom stereocenters. The second kappa shape index (κ2) is 8.05. The van der Waals surface area contributed by atoms with E-state index >= 15 is 0 Å². The number of aromatic nitrogens is 2. The first kappa shape index (κ1) is 17.3. The third-order valence-electron chi connectivity index (χ3n) is 4.45. The molecule has 1 saturated heterocycles. The molecule has 2 heterocycles. The second-order valence-electron chi connectivity index (χ2n) is 6.15. The fourth-order valence-corrected chi connectivity index (χ4v) is 3.59. The molecule has 24 heavy (non-hydrogen) atoms. The number of hydrogen-bond acceptors (Lipinski definition) is 4. The summed E-state index contributed by atoms with van der Waals surface area (Å²) < 4.78 is 19.4. The van der Waals surface area contributed by atoms with Gasteiger partial charge in [-0.25, -0.2) is 0 Å². The van der Waals surface area contributed by atoms with E-state index in [-0.39, 0.29) is 12.1 Å². The van der Waals surface area contributed by atoms with Crippen LogP contribution >= 0.6 is 0 Å². The van der Waals surface area contributed by atoms with E-state index in [0.29, 0.717) is 0 Å². The molecular weight excluding hydrogens is 322 g/mol. The van der Waals surface area contributed by atoms with Crippen LogP contribution in [-0.2, 0) is 28.6 Å². The minimum absolute atomic E-state index is 0.0569. The van der Waals surface area contributed by atoms with Crippen LogP contribution in [0.15, 0.2) is 41.6 Å². The molecular formula is C18H25N3O2S. The lowest BCUT2D eigenvalue weighted by Gasteiger charge is -2.32. The van der Waals surface area contributed by atoms with Gasteiger partial charge in [0, 0.05) is 59.4 Å². The summed E-state index contributed by atoms with van der Waals surface area (Å²) in [6.07, 6.45) is 7.92. The molecule has 3 rings (SSSR count).